The number of sulfonamides is 1. The molecular weight excluding hydrogens is 424 g/mol. The van der Waals surface area contributed by atoms with E-state index in [1.54, 1.807) is 12.1 Å². The first-order valence-electron chi connectivity index (χ1n) is 10.1. The highest BCUT2D eigenvalue weighted by Crippen LogP contribution is 2.30. The monoisotopic (exact) mass is 450 g/mol. The van der Waals surface area contributed by atoms with Crippen LogP contribution in [-0.2, 0) is 10.0 Å². The van der Waals surface area contributed by atoms with Crippen molar-refractivity contribution < 1.29 is 17.9 Å². The third-order valence-corrected chi connectivity index (χ3v) is 7.59. The van der Waals surface area contributed by atoms with E-state index in [0.717, 1.165) is 31.2 Å². The van der Waals surface area contributed by atoms with Crippen LogP contribution in [0, 0.1) is 0 Å². The summed E-state index contributed by atoms with van der Waals surface area (Å²) in [5, 5.41) is 3.45. The SMILES string of the molecule is COc1ccc(C(=O)NC(C)c2ccccc2Cl)cc1S(=O)(=O)N1CCCCCC1. The Labute approximate surface area is 183 Å². The molecule has 1 fully saturated rings. The molecule has 6 nitrogen and oxygen atoms in total. The average molecular weight is 451 g/mol. The van der Waals surface area contributed by atoms with Gasteiger partial charge in [0.05, 0.1) is 13.2 Å². The van der Waals surface area contributed by atoms with Gasteiger partial charge >= 0.3 is 0 Å². The summed E-state index contributed by atoms with van der Waals surface area (Å²) in [5.41, 5.74) is 1.04. The number of ether oxygens (including phenoxy) is 1. The number of hydrogen-bond acceptors (Lipinski definition) is 4. The molecule has 30 heavy (non-hydrogen) atoms. The Kier molecular flexibility index (Phi) is 7.39. The Hall–Kier alpha value is -2.09. The molecule has 1 aliphatic heterocycles. The number of nitrogens with one attached hydrogen (secondary N) is 1. The second-order valence-electron chi connectivity index (χ2n) is 7.40. The quantitative estimate of drug-likeness (QED) is 0.707. The lowest BCUT2D eigenvalue weighted by atomic mass is 10.1. The number of hydrogen-bond donors (Lipinski definition) is 1. The zero-order chi connectivity index (χ0) is 21.7. The van der Waals surface area contributed by atoms with Crippen LogP contribution < -0.4 is 10.1 Å². The number of amides is 1. The number of benzene rings is 2. The van der Waals surface area contributed by atoms with Gasteiger partial charge in [0.25, 0.3) is 5.91 Å². The topological polar surface area (TPSA) is 75.7 Å². The van der Waals surface area contributed by atoms with E-state index in [1.807, 2.05) is 25.1 Å². The van der Waals surface area contributed by atoms with E-state index >= 15 is 0 Å². The fourth-order valence-corrected chi connectivity index (χ4v) is 5.62. The minimum Gasteiger partial charge on any atom is -0.495 e. The number of rotatable bonds is 6. The number of carbonyl (C=O) groups is 1. The number of nitrogens with zero attached hydrogens (tertiary/aromatic N) is 1. The predicted octanol–water partition coefficient (Wildman–Crippen LogP) is 4.40. The highest BCUT2D eigenvalue weighted by Gasteiger charge is 2.29. The summed E-state index contributed by atoms with van der Waals surface area (Å²) in [6.45, 7) is 2.79. The maximum absolute atomic E-state index is 13.3. The van der Waals surface area contributed by atoms with E-state index < -0.39 is 10.0 Å². The van der Waals surface area contributed by atoms with E-state index in [9.17, 15) is 13.2 Å². The highest BCUT2D eigenvalue weighted by atomic mass is 35.5. The summed E-state index contributed by atoms with van der Waals surface area (Å²) in [6.07, 6.45) is 3.70. The molecule has 0 spiro atoms. The van der Waals surface area contributed by atoms with Crippen molar-refractivity contribution in [1.82, 2.24) is 9.62 Å². The van der Waals surface area contributed by atoms with Gasteiger partial charge in [-0.1, -0.05) is 42.6 Å². The number of methoxy groups -OCH3 is 1. The smallest absolute Gasteiger partial charge is 0.251 e. The van der Waals surface area contributed by atoms with Crippen molar-refractivity contribution in [2.45, 2.75) is 43.5 Å². The maximum Gasteiger partial charge on any atom is 0.251 e. The van der Waals surface area contributed by atoms with Crippen molar-refractivity contribution >= 4 is 27.5 Å². The second kappa shape index (κ2) is 9.81. The van der Waals surface area contributed by atoms with Crippen LogP contribution in [0.3, 0.4) is 0 Å². The minimum absolute atomic E-state index is 0.0185. The molecule has 0 radical (unpaired) electrons. The molecule has 0 saturated carbocycles. The number of halogens is 1. The van der Waals surface area contributed by atoms with Crippen LogP contribution >= 0.6 is 11.6 Å². The zero-order valence-corrected chi connectivity index (χ0v) is 18.8. The lowest BCUT2D eigenvalue weighted by Crippen LogP contribution is -2.32. The summed E-state index contributed by atoms with van der Waals surface area (Å²) in [5.74, 6) is -0.146. The Balaban J connectivity index is 1.88. The lowest BCUT2D eigenvalue weighted by Gasteiger charge is -2.22. The van der Waals surface area contributed by atoms with E-state index in [4.69, 9.17) is 16.3 Å². The Bertz CT molecular complexity index is 1000. The van der Waals surface area contributed by atoms with Gasteiger partial charge in [0.2, 0.25) is 10.0 Å². The van der Waals surface area contributed by atoms with Crippen molar-refractivity contribution in [3.63, 3.8) is 0 Å². The Morgan fingerprint density at radius 3 is 2.40 bits per heavy atom. The van der Waals surface area contributed by atoms with Crippen LogP contribution in [0.15, 0.2) is 47.4 Å². The van der Waals surface area contributed by atoms with Gasteiger partial charge in [0.15, 0.2) is 0 Å². The van der Waals surface area contributed by atoms with E-state index in [2.05, 4.69) is 5.32 Å². The molecule has 1 aliphatic rings. The third kappa shape index (κ3) is 4.96. The zero-order valence-electron chi connectivity index (χ0n) is 17.2. The molecule has 3 rings (SSSR count). The fraction of sp³-hybridized carbons (Fsp3) is 0.409. The molecule has 0 aliphatic carbocycles. The standard InChI is InChI=1S/C22H27ClN2O4S/c1-16(18-9-5-6-10-19(18)23)24-22(26)17-11-12-20(29-2)21(15-17)30(27,28)25-13-7-3-4-8-14-25/h5-6,9-12,15-16H,3-4,7-8,13-14H2,1-2H3,(H,24,26). The van der Waals surface area contributed by atoms with Gasteiger partial charge in [-0.3, -0.25) is 4.79 Å². The van der Waals surface area contributed by atoms with Crippen LogP contribution in [0.25, 0.3) is 0 Å². The van der Waals surface area contributed by atoms with Crippen LogP contribution in [-0.4, -0.2) is 38.8 Å². The van der Waals surface area contributed by atoms with Crippen molar-refractivity contribution in [2.75, 3.05) is 20.2 Å². The maximum atomic E-state index is 13.3. The molecule has 8 heteroatoms. The molecule has 0 bridgehead atoms. The van der Waals surface area contributed by atoms with E-state index in [-0.39, 0.29) is 28.2 Å². The molecule has 1 N–H and O–H groups in total. The van der Waals surface area contributed by atoms with Crippen LogP contribution in [0.2, 0.25) is 5.02 Å². The normalized spacial score (nSPS) is 16.5. The molecule has 1 atom stereocenters. The van der Waals surface area contributed by atoms with Gasteiger partial charge in [-0.15, -0.1) is 0 Å². The Morgan fingerprint density at radius 1 is 1.10 bits per heavy atom. The highest BCUT2D eigenvalue weighted by molar-refractivity contribution is 7.89. The molecule has 0 aromatic heterocycles. The predicted molar refractivity (Wildman–Crippen MR) is 118 cm³/mol. The lowest BCUT2D eigenvalue weighted by molar-refractivity contribution is 0.0939. The van der Waals surface area contributed by atoms with Crippen LogP contribution in [0.1, 0.15) is 54.6 Å². The minimum atomic E-state index is -3.76. The summed E-state index contributed by atoms with van der Waals surface area (Å²) in [7, 11) is -2.34. The first-order chi connectivity index (χ1) is 14.3. The van der Waals surface area contributed by atoms with E-state index in [0.29, 0.717) is 18.1 Å². The summed E-state index contributed by atoms with van der Waals surface area (Å²) >= 11 is 6.22. The molecular formula is C22H27ClN2O4S. The van der Waals surface area contributed by atoms with E-state index in [1.165, 1.54) is 23.5 Å². The van der Waals surface area contributed by atoms with Crippen molar-refractivity contribution in [2.24, 2.45) is 0 Å². The second-order valence-corrected chi connectivity index (χ2v) is 9.71. The summed E-state index contributed by atoms with van der Waals surface area (Å²) < 4.78 is 33.4. The van der Waals surface area contributed by atoms with Crippen LogP contribution in [0.5, 0.6) is 5.75 Å². The van der Waals surface area contributed by atoms with Crippen molar-refractivity contribution in [3.8, 4) is 5.75 Å². The van der Waals surface area contributed by atoms with Crippen LogP contribution in [0.4, 0.5) is 0 Å². The molecule has 2 aromatic carbocycles. The third-order valence-electron chi connectivity index (χ3n) is 5.33. The molecule has 162 valence electrons. The molecule has 1 heterocycles. The van der Waals surface area contributed by atoms with Gasteiger partial charge in [-0.25, -0.2) is 8.42 Å². The van der Waals surface area contributed by atoms with Gasteiger partial charge in [-0.2, -0.15) is 4.31 Å². The van der Waals surface area contributed by atoms with Crippen molar-refractivity contribution in [3.05, 3.63) is 58.6 Å². The van der Waals surface area contributed by atoms with Gasteiger partial charge < -0.3 is 10.1 Å². The molecule has 2 aromatic rings. The molecule has 1 unspecified atom stereocenters. The number of carbonyl (C=O) groups excluding carboxylic acids is 1. The molecule has 1 amide bonds. The van der Waals surface area contributed by atoms with Crippen molar-refractivity contribution in [1.29, 1.82) is 0 Å². The summed E-state index contributed by atoms with van der Waals surface area (Å²) in [6, 6.07) is 11.4. The fourth-order valence-electron chi connectivity index (χ4n) is 3.62. The molecule has 1 saturated heterocycles. The Morgan fingerprint density at radius 2 is 1.77 bits per heavy atom. The largest absolute Gasteiger partial charge is 0.495 e. The summed E-state index contributed by atoms with van der Waals surface area (Å²) in [4.78, 5) is 12.9. The van der Waals surface area contributed by atoms with Gasteiger partial charge in [-0.05, 0) is 49.6 Å². The first-order valence-corrected chi connectivity index (χ1v) is 11.9. The van der Waals surface area contributed by atoms with Gasteiger partial charge in [0.1, 0.15) is 10.6 Å². The van der Waals surface area contributed by atoms with Gasteiger partial charge in [0, 0.05) is 23.7 Å². The average Bonchev–Trinajstić information content (AvgIpc) is 3.03. The first kappa shape index (κ1) is 22.6.